The van der Waals surface area contributed by atoms with Crippen molar-refractivity contribution in [1.82, 2.24) is 0 Å². The average Bonchev–Trinajstić information content (AvgIpc) is 2.92. The molecule has 23 heavy (non-hydrogen) atoms. The monoisotopic (exact) mass is 304 g/mol. The van der Waals surface area contributed by atoms with Gasteiger partial charge < -0.3 is 4.74 Å². The van der Waals surface area contributed by atoms with Crippen LogP contribution in [0.4, 0.5) is 0 Å². The third-order valence-electron chi connectivity index (χ3n) is 3.83. The van der Waals surface area contributed by atoms with Crippen LogP contribution < -0.4 is 0 Å². The molecule has 0 aromatic heterocycles. The van der Waals surface area contributed by atoms with E-state index in [9.17, 15) is 4.79 Å². The van der Waals surface area contributed by atoms with Gasteiger partial charge in [0.2, 0.25) is 0 Å². The first kappa shape index (κ1) is 15.3. The fourth-order valence-corrected chi connectivity index (χ4v) is 2.61. The van der Waals surface area contributed by atoms with Gasteiger partial charge in [0.25, 0.3) is 0 Å². The van der Waals surface area contributed by atoms with Crippen LogP contribution in [0.25, 0.3) is 5.57 Å². The van der Waals surface area contributed by atoms with Crippen molar-refractivity contribution in [2.75, 3.05) is 0 Å². The first-order valence-corrected chi connectivity index (χ1v) is 7.76. The van der Waals surface area contributed by atoms with E-state index in [1.807, 2.05) is 87.5 Å². The van der Waals surface area contributed by atoms with Crippen LogP contribution in [0.2, 0.25) is 0 Å². The number of esters is 1. The topological polar surface area (TPSA) is 26.3 Å². The summed E-state index contributed by atoms with van der Waals surface area (Å²) in [6.07, 6.45) is 1.89. The minimum atomic E-state index is -0.280. The average molecular weight is 304 g/mol. The maximum atomic E-state index is 12.5. The maximum Gasteiger partial charge on any atom is 0.344 e. The molecule has 0 fully saturated rings. The second-order valence-electron chi connectivity index (χ2n) is 6.67. The maximum absolute atomic E-state index is 12.5. The van der Waals surface area contributed by atoms with Crippen molar-refractivity contribution in [3.05, 3.63) is 89.2 Å². The van der Waals surface area contributed by atoms with Gasteiger partial charge in [0.05, 0.1) is 5.57 Å². The highest BCUT2D eigenvalue weighted by atomic mass is 16.5. The lowest BCUT2D eigenvalue weighted by atomic mass is 9.90. The van der Waals surface area contributed by atoms with E-state index >= 15 is 0 Å². The van der Waals surface area contributed by atoms with E-state index in [0.29, 0.717) is 11.3 Å². The van der Waals surface area contributed by atoms with Crippen molar-refractivity contribution >= 4 is 11.5 Å². The Balaban J connectivity index is 2.24. The molecular weight excluding hydrogens is 284 g/mol. The zero-order chi connectivity index (χ0) is 16.4. The lowest BCUT2D eigenvalue weighted by Gasteiger charge is -2.17. The third kappa shape index (κ3) is 3.11. The summed E-state index contributed by atoms with van der Waals surface area (Å²) in [6.45, 7) is 6.12. The van der Waals surface area contributed by atoms with Gasteiger partial charge in [-0.3, -0.25) is 0 Å². The van der Waals surface area contributed by atoms with Crippen molar-refractivity contribution in [3.63, 3.8) is 0 Å². The number of benzene rings is 2. The molecule has 0 unspecified atom stereocenters. The van der Waals surface area contributed by atoms with Crippen molar-refractivity contribution < 1.29 is 9.53 Å². The van der Waals surface area contributed by atoms with E-state index in [-0.39, 0.29) is 11.4 Å². The fraction of sp³-hybridized carbons (Fsp3) is 0.190. The summed E-state index contributed by atoms with van der Waals surface area (Å²) in [5.41, 5.74) is 3.35. The zero-order valence-corrected chi connectivity index (χ0v) is 13.7. The van der Waals surface area contributed by atoms with Crippen LogP contribution >= 0.6 is 0 Å². The Morgan fingerprint density at radius 2 is 1.30 bits per heavy atom. The molecule has 2 aromatic carbocycles. The largest absolute Gasteiger partial charge is 0.427 e. The molecule has 0 saturated heterocycles. The van der Waals surface area contributed by atoms with E-state index in [2.05, 4.69) is 0 Å². The molecule has 0 N–H and O–H groups in total. The normalized spacial score (nSPS) is 14.5. The van der Waals surface area contributed by atoms with E-state index in [1.54, 1.807) is 0 Å². The molecule has 0 saturated carbocycles. The molecule has 2 heteroatoms. The summed E-state index contributed by atoms with van der Waals surface area (Å²) in [5, 5.41) is 0. The summed E-state index contributed by atoms with van der Waals surface area (Å²) in [4.78, 5) is 12.5. The van der Waals surface area contributed by atoms with Gasteiger partial charge in [-0.25, -0.2) is 4.79 Å². The molecule has 0 radical (unpaired) electrons. The van der Waals surface area contributed by atoms with Crippen molar-refractivity contribution in [3.8, 4) is 0 Å². The number of carbonyl (C=O) groups excluding carboxylic acids is 1. The van der Waals surface area contributed by atoms with Gasteiger partial charge in [-0.05, 0) is 17.2 Å². The standard InChI is InChI=1S/C21H20O2/c1-21(2,3)18-14-17(20(22)23-18)19(15-10-6-4-7-11-15)16-12-8-5-9-13-16/h4-14H,1-3H3. The highest BCUT2D eigenvalue weighted by Crippen LogP contribution is 2.37. The summed E-state index contributed by atoms with van der Waals surface area (Å²) in [5.74, 6) is 0.430. The quantitative estimate of drug-likeness (QED) is 0.578. The number of hydrogen-bond donors (Lipinski definition) is 0. The molecule has 2 nitrogen and oxygen atoms in total. The molecule has 0 atom stereocenters. The van der Waals surface area contributed by atoms with Crippen molar-refractivity contribution in [2.45, 2.75) is 20.8 Å². The number of hydrogen-bond acceptors (Lipinski definition) is 2. The lowest BCUT2D eigenvalue weighted by Crippen LogP contribution is -2.11. The van der Waals surface area contributed by atoms with Gasteiger partial charge >= 0.3 is 5.97 Å². The SMILES string of the molecule is CC(C)(C)C1=CC(=C(c2ccccc2)c2ccccc2)C(=O)O1. The van der Waals surface area contributed by atoms with Gasteiger partial charge in [0.15, 0.2) is 0 Å². The van der Waals surface area contributed by atoms with Crippen LogP contribution in [0.3, 0.4) is 0 Å². The molecule has 2 aromatic rings. The number of ether oxygens (including phenoxy) is 1. The lowest BCUT2D eigenvalue weighted by molar-refractivity contribution is -0.134. The number of carbonyl (C=O) groups is 1. The highest BCUT2D eigenvalue weighted by Gasteiger charge is 2.31. The molecule has 0 aliphatic carbocycles. The van der Waals surface area contributed by atoms with Crippen LogP contribution in [-0.4, -0.2) is 5.97 Å². The van der Waals surface area contributed by atoms with Gasteiger partial charge in [-0.2, -0.15) is 0 Å². The smallest absolute Gasteiger partial charge is 0.344 e. The van der Waals surface area contributed by atoms with Crippen LogP contribution in [0.5, 0.6) is 0 Å². The summed E-state index contributed by atoms with van der Waals surface area (Å²) in [6, 6.07) is 19.9. The first-order chi connectivity index (χ1) is 11.0. The van der Waals surface area contributed by atoms with E-state index in [1.165, 1.54) is 0 Å². The summed E-state index contributed by atoms with van der Waals surface area (Å²) >= 11 is 0. The van der Waals surface area contributed by atoms with E-state index in [4.69, 9.17) is 4.74 Å². The van der Waals surface area contributed by atoms with Crippen molar-refractivity contribution in [2.24, 2.45) is 5.41 Å². The van der Waals surface area contributed by atoms with Gasteiger partial charge in [-0.1, -0.05) is 81.4 Å². The highest BCUT2D eigenvalue weighted by molar-refractivity contribution is 6.06. The molecule has 1 heterocycles. The summed E-state index contributed by atoms with van der Waals surface area (Å²) in [7, 11) is 0. The van der Waals surface area contributed by atoms with Gasteiger partial charge in [-0.15, -0.1) is 0 Å². The number of cyclic esters (lactones) is 1. The predicted molar refractivity (Wildman–Crippen MR) is 92.5 cm³/mol. The Morgan fingerprint density at radius 1 is 0.826 bits per heavy atom. The van der Waals surface area contributed by atoms with Crippen LogP contribution in [-0.2, 0) is 9.53 Å². The number of rotatable bonds is 2. The molecule has 1 aliphatic heterocycles. The molecule has 0 amide bonds. The minimum Gasteiger partial charge on any atom is -0.427 e. The van der Waals surface area contributed by atoms with Crippen LogP contribution in [0, 0.1) is 5.41 Å². The molecule has 3 rings (SSSR count). The predicted octanol–water partition coefficient (Wildman–Crippen LogP) is 4.98. The minimum absolute atomic E-state index is 0.199. The Hall–Kier alpha value is -2.61. The van der Waals surface area contributed by atoms with Crippen molar-refractivity contribution in [1.29, 1.82) is 0 Å². The Kier molecular flexibility index (Phi) is 3.91. The van der Waals surface area contributed by atoms with E-state index < -0.39 is 0 Å². The molecule has 0 spiro atoms. The van der Waals surface area contributed by atoms with Crippen LogP contribution in [0.1, 0.15) is 31.9 Å². The Bertz CT molecular complexity index is 734. The fourth-order valence-electron chi connectivity index (χ4n) is 2.61. The van der Waals surface area contributed by atoms with Crippen LogP contribution in [0.15, 0.2) is 78.1 Å². The molecule has 0 bridgehead atoms. The summed E-state index contributed by atoms with van der Waals surface area (Å²) < 4.78 is 5.53. The Labute approximate surface area is 137 Å². The Morgan fingerprint density at radius 3 is 1.70 bits per heavy atom. The van der Waals surface area contributed by atoms with Gasteiger partial charge in [0, 0.05) is 11.0 Å². The molecule has 1 aliphatic rings. The first-order valence-electron chi connectivity index (χ1n) is 7.76. The molecule has 116 valence electrons. The second-order valence-corrected chi connectivity index (χ2v) is 6.67. The van der Waals surface area contributed by atoms with Gasteiger partial charge in [0.1, 0.15) is 5.76 Å². The van der Waals surface area contributed by atoms with E-state index in [0.717, 1.165) is 16.7 Å². The zero-order valence-electron chi connectivity index (χ0n) is 13.7. The number of allylic oxidation sites excluding steroid dienone is 1. The molecular formula is C21H20O2. The second kappa shape index (κ2) is 5.88. The third-order valence-corrected chi connectivity index (χ3v) is 3.83.